The van der Waals surface area contributed by atoms with Crippen molar-refractivity contribution < 1.29 is 9.53 Å². The Hall–Kier alpha value is -0.320. The highest BCUT2D eigenvalue weighted by Gasteiger charge is 2.25. The van der Waals surface area contributed by atoms with Crippen LogP contribution in [0.1, 0.15) is 32.6 Å². The lowest BCUT2D eigenvalue weighted by Gasteiger charge is -2.30. The predicted octanol–water partition coefficient (Wildman–Crippen LogP) is 1.09. The molecule has 0 spiro atoms. The Bertz CT molecular complexity index is 245. The van der Waals surface area contributed by atoms with Gasteiger partial charge in [-0.1, -0.05) is 6.92 Å². The van der Waals surface area contributed by atoms with Crippen LogP contribution in [0.4, 0.5) is 0 Å². The fraction of sp³-hybridized carbons (Fsp3) is 0.917. The molecule has 0 aromatic heterocycles. The molecule has 2 rings (SSSR count). The number of halogens is 1. The van der Waals surface area contributed by atoms with Gasteiger partial charge in [-0.2, -0.15) is 0 Å². The molecule has 17 heavy (non-hydrogen) atoms. The van der Waals surface area contributed by atoms with E-state index in [9.17, 15) is 4.79 Å². The highest BCUT2D eigenvalue weighted by molar-refractivity contribution is 5.85. The molecule has 3 unspecified atom stereocenters. The van der Waals surface area contributed by atoms with E-state index in [0.717, 1.165) is 39.0 Å². The van der Waals surface area contributed by atoms with Gasteiger partial charge in [-0.05, 0) is 31.7 Å². The normalized spacial score (nSPS) is 32.9. The largest absolute Gasteiger partial charge is 0.378 e. The van der Waals surface area contributed by atoms with Crippen molar-refractivity contribution in [3.8, 4) is 0 Å². The highest BCUT2D eigenvalue weighted by Crippen LogP contribution is 2.16. The molecule has 0 bridgehead atoms. The third-order valence-corrected chi connectivity index (χ3v) is 3.61. The Balaban J connectivity index is 0.00000144. The lowest BCUT2D eigenvalue weighted by molar-refractivity contribution is -0.124. The average molecular weight is 263 g/mol. The molecule has 2 aliphatic heterocycles. The number of piperidine rings is 1. The quantitative estimate of drug-likeness (QED) is 0.801. The molecule has 0 saturated carbocycles. The molecular formula is C12H23ClN2O2. The summed E-state index contributed by atoms with van der Waals surface area (Å²) in [6.45, 7) is 4.99. The van der Waals surface area contributed by atoms with Crippen molar-refractivity contribution in [2.45, 2.75) is 44.8 Å². The van der Waals surface area contributed by atoms with E-state index in [0.29, 0.717) is 18.4 Å². The first kappa shape index (κ1) is 14.7. The second-order valence-corrected chi connectivity index (χ2v) is 4.98. The Morgan fingerprint density at radius 1 is 1.47 bits per heavy atom. The first-order chi connectivity index (χ1) is 7.75. The zero-order valence-corrected chi connectivity index (χ0v) is 11.2. The van der Waals surface area contributed by atoms with E-state index in [1.54, 1.807) is 0 Å². The lowest BCUT2D eigenvalue weighted by Crippen LogP contribution is -2.50. The van der Waals surface area contributed by atoms with Gasteiger partial charge in [0.2, 0.25) is 5.91 Å². The minimum absolute atomic E-state index is 0. The van der Waals surface area contributed by atoms with Gasteiger partial charge in [-0.25, -0.2) is 0 Å². The number of carbonyl (C=O) groups is 1. The number of carbonyl (C=O) groups excluding carboxylic acids is 1. The number of ether oxygens (including phenoxy) is 1. The summed E-state index contributed by atoms with van der Waals surface area (Å²) in [5, 5.41) is 6.43. The second kappa shape index (κ2) is 7.19. The third kappa shape index (κ3) is 4.45. The van der Waals surface area contributed by atoms with Gasteiger partial charge in [0.05, 0.1) is 12.5 Å². The van der Waals surface area contributed by atoms with Crippen LogP contribution in [0, 0.1) is 5.92 Å². The molecule has 2 N–H and O–H groups in total. The molecular weight excluding hydrogens is 240 g/mol. The number of rotatable bonds is 3. The van der Waals surface area contributed by atoms with Crippen LogP contribution in [-0.4, -0.2) is 37.7 Å². The van der Waals surface area contributed by atoms with Gasteiger partial charge in [0.15, 0.2) is 0 Å². The monoisotopic (exact) mass is 262 g/mol. The maximum atomic E-state index is 11.8. The van der Waals surface area contributed by atoms with Crippen molar-refractivity contribution in [2.24, 2.45) is 5.92 Å². The van der Waals surface area contributed by atoms with Crippen LogP contribution in [-0.2, 0) is 9.53 Å². The SMILES string of the molecule is CC1CCNCC1NC(=O)CC1CCCO1.Cl. The topological polar surface area (TPSA) is 50.4 Å². The molecule has 4 nitrogen and oxygen atoms in total. The van der Waals surface area contributed by atoms with Crippen LogP contribution in [0.25, 0.3) is 0 Å². The fourth-order valence-corrected chi connectivity index (χ4v) is 2.46. The zero-order chi connectivity index (χ0) is 11.4. The van der Waals surface area contributed by atoms with Crippen molar-refractivity contribution in [3.63, 3.8) is 0 Å². The second-order valence-electron chi connectivity index (χ2n) is 4.98. The predicted molar refractivity (Wildman–Crippen MR) is 69.4 cm³/mol. The van der Waals surface area contributed by atoms with E-state index in [1.165, 1.54) is 0 Å². The molecule has 2 heterocycles. The summed E-state index contributed by atoms with van der Waals surface area (Å²) in [7, 11) is 0. The van der Waals surface area contributed by atoms with Crippen LogP contribution in [0.5, 0.6) is 0 Å². The van der Waals surface area contributed by atoms with E-state index in [4.69, 9.17) is 4.74 Å². The Morgan fingerprint density at radius 2 is 2.29 bits per heavy atom. The molecule has 2 saturated heterocycles. The number of amides is 1. The highest BCUT2D eigenvalue weighted by atomic mass is 35.5. The first-order valence-electron chi connectivity index (χ1n) is 6.37. The van der Waals surface area contributed by atoms with Crippen LogP contribution >= 0.6 is 12.4 Å². The summed E-state index contributed by atoms with van der Waals surface area (Å²) < 4.78 is 5.46. The van der Waals surface area contributed by atoms with Crippen LogP contribution in [0.3, 0.4) is 0 Å². The van der Waals surface area contributed by atoms with Crippen molar-refractivity contribution in [3.05, 3.63) is 0 Å². The van der Waals surface area contributed by atoms with Gasteiger partial charge in [-0.3, -0.25) is 4.79 Å². The summed E-state index contributed by atoms with van der Waals surface area (Å²) in [5.41, 5.74) is 0. The van der Waals surface area contributed by atoms with Crippen LogP contribution in [0.2, 0.25) is 0 Å². The van der Waals surface area contributed by atoms with Gasteiger partial charge < -0.3 is 15.4 Å². The molecule has 2 fully saturated rings. The van der Waals surface area contributed by atoms with Gasteiger partial charge in [0, 0.05) is 19.2 Å². The van der Waals surface area contributed by atoms with Crippen LogP contribution < -0.4 is 10.6 Å². The van der Waals surface area contributed by atoms with Crippen molar-refractivity contribution in [2.75, 3.05) is 19.7 Å². The zero-order valence-electron chi connectivity index (χ0n) is 10.4. The van der Waals surface area contributed by atoms with E-state index >= 15 is 0 Å². The maximum absolute atomic E-state index is 11.8. The molecule has 3 atom stereocenters. The molecule has 0 aliphatic carbocycles. The van der Waals surface area contributed by atoms with Crippen molar-refractivity contribution in [1.82, 2.24) is 10.6 Å². The van der Waals surface area contributed by atoms with Gasteiger partial charge in [-0.15, -0.1) is 12.4 Å². The van der Waals surface area contributed by atoms with E-state index in [-0.39, 0.29) is 24.4 Å². The Morgan fingerprint density at radius 3 is 2.94 bits per heavy atom. The van der Waals surface area contributed by atoms with Gasteiger partial charge >= 0.3 is 0 Å². The molecule has 0 aromatic carbocycles. The van der Waals surface area contributed by atoms with Gasteiger partial charge in [0.25, 0.3) is 0 Å². The van der Waals surface area contributed by atoms with E-state index < -0.39 is 0 Å². The fourth-order valence-electron chi connectivity index (χ4n) is 2.46. The molecule has 100 valence electrons. The number of hydrogen-bond acceptors (Lipinski definition) is 3. The van der Waals surface area contributed by atoms with E-state index in [2.05, 4.69) is 17.6 Å². The maximum Gasteiger partial charge on any atom is 0.222 e. The summed E-state index contributed by atoms with van der Waals surface area (Å²) in [5.74, 6) is 0.724. The lowest BCUT2D eigenvalue weighted by atomic mass is 9.94. The summed E-state index contributed by atoms with van der Waals surface area (Å²) in [6, 6.07) is 0.294. The number of nitrogens with one attached hydrogen (secondary N) is 2. The van der Waals surface area contributed by atoms with Crippen LogP contribution in [0.15, 0.2) is 0 Å². The Labute approximate surface area is 109 Å². The smallest absolute Gasteiger partial charge is 0.222 e. The average Bonchev–Trinajstić information content (AvgIpc) is 2.74. The summed E-state index contributed by atoms with van der Waals surface area (Å²) in [6.07, 6.45) is 3.96. The van der Waals surface area contributed by atoms with Gasteiger partial charge in [0.1, 0.15) is 0 Å². The summed E-state index contributed by atoms with van der Waals surface area (Å²) in [4.78, 5) is 11.8. The standard InChI is InChI=1S/C12H22N2O2.ClH/c1-9-4-5-13-8-11(9)14-12(15)7-10-3-2-6-16-10;/h9-11,13H,2-8H2,1H3,(H,14,15);1H. The Kier molecular flexibility index (Phi) is 6.23. The van der Waals surface area contributed by atoms with Crippen molar-refractivity contribution >= 4 is 18.3 Å². The molecule has 5 heteroatoms. The molecule has 1 amide bonds. The van der Waals surface area contributed by atoms with Crippen molar-refractivity contribution in [1.29, 1.82) is 0 Å². The van der Waals surface area contributed by atoms with E-state index in [1.807, 2.05) is 0 Å². The molecule has 2 aliphatic rings. The third-order valence-electron chi connectivity index (χ3n) is 3.61. The summed E-state index contributed by atoms with van der Waals surface area (Å²) >= 11 is 0. The first-order valence-corrected chi connectivity index (χ1v) is 6.37. The minimum Gasteiger partial charge on any atom is -0.378 e. The molecule has 0 radical (unpaired) electrons. The minimum atomic E-state index is 0. The molecule has 0 aromatic rings. The number of hydrogen-bond donors (Lipinski definition) is 2.